The van der Waals surface area contributed by atoms with Crippen LogP contribution in [0.2, 0.25) is 0 Å². The van der Waals surface area contributed by atoms with E-state index in [9.17, 15) is 0 Å². The summed E-state index contributed by atoms with van der Waals surface area (Å²) in [6.07, 6.45) is 0. The standard InChI is InChI=1S/C61H42N2/c1-41-36-48(47-16-10-17-54(40-47)63-60-22-8-6-19-57(60)58-20-7-9-23-61(58)63)30-35-59(41)62(53-33-28-44(29-34-53)56-21-11-15-43-12-4-5-18-55(43)56)52-31-26-42(27-32-52)49-24-25-50-37-45-13-2-3-14-46(45)38-51(50)39-49/h2-40H,1H3. The van der Waals surface area contributed by atoms with Crippen molar-refractivity contribution in [2.24, 2.45) is 0 Å². The first kappa shape index (κ1) is 36.6. The minimum absolute atomic E-state index is 1.10. The summed E-state index contributed by atoms with van der Waals surface area (Å²) in [6, 6.07) is 86.6. The van der Waals surface area contributed by atoms with Gasteiger partial charge in [0.2, 0.25) is 0 Å². The van der Waals surface area contributed by atoms with E-state index in [1.165, 1.54) is 93.1 Å². The molecule has 12 rings (SSSR count). The highest BCUT2D eigenvalue weighted by Crippen LogP contribution is 2.41. The highest BCUT2D eigenvalue weighted by Gasteiger charge is 2.18. The first-order valence-corrected chi connectivity index (χ1v) is 21.7. The fraction of sp³-hybridized carbons (Fsp3) is 0.0164. The summed E-state index contributed by atoms with van der Waals surface area (Å²) in [5.41, 5.74) is 15.3. The molecule has 0 bridgehead atoms. The lowest BCUT2D eigenvalue weighted by molar-refractivity contribution is 1.18. The molecule has 0 N–H and O–H groups in total. The van der Waals surface area contributed by atoms with Crippen LogP contribution in [-0.2, 0) is 0 Å². The van der Waals surface area contributed by atoms with Gasteiger partial charge in [0, 0.05) is 33.5 Å². The maximum Gasteiger partial charge on any atom is 0.0541 e. The van der Waals surface area contributed by atoms with Crippen molar-refractivity contribution in [2.45, 2.75) is 6.92 Å². The van der Waals surface area contributed by atoms with E-state index in [0.717, 1.165) is 22.7 Å². The lowest BCUT2D eigenvalue weighted by Gasteiger charge is -2.28. The van der Waals surface area contributed by atoms with E-state index in [1.54, 1.807) is 0 Å². The summed E-state index contributed by atoms with van der Waals surface area (Å²) < 4.78 is 2.39. The summed E-state index contributed by atoms with van der Waals surface area (Å²) in [6.45, 7) is 2.24. The van der Waals surface area contributed by atoms with Crippen LogP contribution in [0.15, 0.2) is 237 Å². The molecule has 296 valence electrons. The molecule has 2 nitrogen and oxygen atoms in total. The zero-order valence-corrected chi connectivity index (χ0v) is 34.9. The number of rotatable bonds is 7. The zero-order valence-electron chi connectivity index (χ0n) is 34.9. The van der Waals surface area contributed by atoms with Crippen LogP contribution in [0.3, 0.4) is 0 Å². The van der Waals surface area contributed by atoms with Crippen LogP contribution in [0.5, 0.6) is 0 Å². The summed E-state index contributed by atoms with van der Waals surface area (Å²) in [5, 5.41) is 10.1. The maximum absolute atomic E-state index is 2.40. The number of hydrogen-bond acceptors (Lipinski definition) is 1. The minimum atomic E-state index is 1.10. The molecular formula is C61H42N2. The number of aromatic nitrogens is 1. The molecule has 2 heteroatoms. The molecule has 63 heavy (non-hydrogen) atoms. The van der Waals surface area contributed by atoms with Gasteiger partial charge in [-0.15, -0.1) is 0 Å². The van der Waals surface area contributed by atoms with Crippen LogP contribution in [0.1, 0.15) is 5.56 Å². The molecule has 11 aromatic carbocycles. The maximum atomic E-state index is 2.40. The van der Waals surface area contributed by atoms with E-state index in [0.29, 0.717) is 0 Å². The third-order valence-electron chi connectivity index (χ3n) is 12.8. The quantitative estimate of drug-likeness (QED) is 0.146. The van der Waals surface area contributed by atoms with Gasteiger partial charge in [-0.2, -0.15) is 0 Å². The average molecular weight is 803 g/mol. The van der Waals surface area contributed by atoms with Crippen molar-refractivity contribution >= 4 is 71.2 Å². The van der Waals surface area contributed by atoms with Crippen molar-refractivity contribution < 1.29 is 0 Å². The lowest BCUT2D eigenvalue weighted by atomic mass is 9.97. The van der Waals surface area contributed by atoms with Gasteiger partial charge in [-0.3, -0.25) is 0 Å². The zero-order chi connectivity index (χ0) is 41.9. The molecule has 0 aliphatic heterocycles. The predicted octanol–water partition coefficient (Wildman–Crippen LogP) is 17.0. The lowest BCUT2D eigenvalue weighted by Crippen LogP contribution is -2.11. The Balaban J connectivity index is 0.935. The van der Waals surface area contributed by atoms with Crippen LogP contribution >= 0.6 is 0 Å². The monoisotopic (exact) mass is 802 g/mol. The molecule has 1 heterocycles. The van der Waals surface area contributed by atoms with Crippen molar-refractivity contribution in [3.05, 3.63) is 242 Å². The Kier molecular flexibility index (Phi) is 8.76. The number of anilines is 3. The number of nitrogens with zero attached hydrogens (tertiary/aromatic N) is 2. The van der Waals surface area contributed by atoms with Gasteiger partial charge in [0.25, 0.3) is 0 Å². The molecule has 0 atom stereocenters. The number of fused-ring (bicyclic) bond motifs is 6. The Bertz CT molecular complexity index is 3630. The highest BCUT2D eigenvalue weighted by molar-refractivity contribution is 6.09. The SMILES string of the molecule is Cc1cc(-c2cccc(-n3c4ccccc4c4ccccc43)c2)ccc1N(c1ccc(-c2ccc3cc4ccccc4cc3c2)cc1)c1ccc(-c2cccc3ccccc23)cc1. The third-order valence-corrected chi connectivity index (χ3v) is 12.8. The van der Waals surface area contributed by atoms with Crippen molar-refractivity contribution in [1.29, 1.82) is 0 Å². The molecule has 0 spiro atoms. The van der Waals surface area contributed by atoms with E-state index in [1.807, 2.05) is 0 Å². The van der Waals surface area contributed by atoms with Gasteiger partial charge in [0.15, 0.2) is 0 Å². The van der Waals surface area contributed by atoms with Gasteiger partial charge >= 0.3 is 0 Å². The van der Waals surface area contributed by atoms with Crippen LogP contribution in [0, 0.1) is 6.92 Å². The Morgan fingerprint density at radius 2 is 0.825 bits per heavy atom. The molecule has 0 amide bonds. The Morgan fingerprint density at radius 1 is 0.317 bits per heavy atom. The van der Waals surface area contributed by atoms with Crippen molar-refractivity contribution in [1.82, 2.24) is 4.57 Å². The van der Waals surface area contributed by atoms with E-state index < -0.39 is 0 Å². The minimum Gasteiger partial charge on any atom is -0.310 e. The van der Waals surface area contributed by atoms with E-state index >= 15 is 0 Å². The molecule has 0 unspecified atom stereocenters. The van der Waals surface area contributed by atoms with Crippen molar-refractivity contribution in [2.75, 3.05) is 4.90 Å². The number of para-hydroxylation sites is 2. The Hall–Kier alpha value is -8.20. The summed E-state index contributed by atoms with van der Waals surface area (Å²) in [5.74, 6) is 0. The molecule has 0 aliphatic rings. The predicted molar refractivity (Wildman–Crippen MR) is 269 cm³/mol. The second-order valence-corrected chi connectivity index (χ2v) is 16.6. The van der Waals surface area contributed by atoms with Gasteiger partial charge in [-0.1, -0.05) is 158 Å². The molecule has 0 fully saturated rings. The first-order valence-electron chi connectivity index (χ1n) is 21.7. The molecule has 0 saturated heterocycles. The van der Waals surface area contributed by atoms with Crippen molar-refractivity contribution in [3.8, 4) is 39.1 Å². The summed E-state index contributed by atoms with van der Waals surface area (Å²) in [7, 11) is 0. The highest BCUT2D eigenvalue weighted by atomic mass is 15.1. The summed E-state index contributed by atoms with van der Waals surface area (Å²) >= 11 is 0. The topological polar surface area (TPSA) is 8.17 Å². The average Bonchev–Trinajstić information content (AvgIpc) is 3.68. The van der Waals surface area contributed by atoms with Gasteiger partial charge in [0.05, 0.1) is 11.0 Å². The number of hydrogen-bond donors (Lipinski definition) is 0. The fourth-order valence-electron chi connectivity index (χ4n) is 9.73. The smallest absolute Gasteiger partial charge is 0.0541 e. The summed E-state index contributed by atoms with van der Waals surface area (Å²) in [4.78, 5) is 2.40. The third kappa shape index (κ3) is 6.43. The molecule has 0 saturated carbocycles. The van der Waals surface area contributed by atoms with Gasteiger partial charge < -0.3 is 9.47 Å². The molecule has 0 aliphatic carbocycles. The normalized spacial score (nSPS) is 11.6. The second-order valence-electron chi connectivity index (χ2n) is 16.6. The number of aryl methyl sites for hydroxylation is 1. The Morgan fingerprint density at radius 3 is 1.52 bits per heavy atom. The number of benzene rings is 11. The molecule has 1 aromatic heterocycles. The molecule has 0 radical (unpaired) electrons. The van der Waals surface area contributed by atoms with Crippen LogP contribution in [-0.4, -0.2) is 4.57 Å². The van der Waals surface area contributed by atoms with E-state index in [2.05, 4.69) is 253 Å². The van der Waals surface area contributed by atoms with Crippen LogP contribution in [0.25, 0.3) is 93.2 Å². The largest absolute Gasteiger partial charge is 0.310 e. The van der Waals surface area contributed by atoms with Crippen LogP contribution < -0.4 is 4.90 Å². The van der Waals surface area contributed by atoms with E-state index in [-0.39, 0.29) is 0 Å². The Labute approximate surface area is 367 Å². The van der Waals surface area contributed by atoms with Gasteiger partial charge in [-0.25, -0.2) is 0 Å². The van der Waals surface area contributed by atoms with Gasteiger partial charge in [-0.05, 0) is 157 Å². The second kappa shape index (κ2) is 15.1. The van der Waals surface area contributed by atoms with E-state index in [4.69, 9.17) is 0 Å². The van der Waals surface area contributed by atoms with Gasteiger partial charge in [0.1, 0.15) is 0 Å². The molecule has 12 aromatic rings. The fourth-order valence-corrected chi connectivity index (χ4v) is 9.73. The first-order chi connectivity index (χ1) is 31.1. The van der Waals surface area contributed by atoms with Crippen molar-refractivity contribution in [3.63, 3.8) is 0 Å². The molecular weight excluding hydrogens is 761 g/mol. The van der Waals surface area contributed by atoms with Crippen LogP contribution in [0.4, 0.5) is 17.1 Å².